The van der Waals surface area contributed by atoms with Gasteiger partial charge < -0.3 is 15.0 Å². The summed E-state index contributed by atoms with van der Waals surface area (Å²) in [6.07, 6.45) is 2.34. The molecule has 0 saturated carbocycles. The van der Waals surface area contributed by atoms with Gasteiger partial charge in [-0.05, 0) is 47.6 Å². The zero-order valence-electron chi connectivity index (χ0n) is 20.8. The molecule has 0 unspecified atom stereocenters. The van der Waals surface area contributed by atoms with E-state index in [0.717, 1.165) is 24.0 Å². The molecule has 0 saturated heterocycles. The van der Waals surface area contributed by atoms with Crippen LogP contribution in [0.3, 0.4) is 0 Å². The Labute approximate surface area is 213 Å². The maximum atomic E-state index is 13.4. The van der Waals surface area contributed by atoms with Crippen molar-refractivity contribution in [3.8, 4) is 5.75 Å². The largest absolute Gasteiger partial charge is 0.483 e. The number of carbonyl (C=O) groups excluding carboxylic acids is 2. The summed E-state index contributed by atoms with van der Waals surface area (Å²) in [4.78, 5) is 28.0. The van der Waals surface area contributed by atoms with Crippen molar-refractivity contribution in [3.05, 3.63) is 63.6 Å². The molecule has 2 aromatic rings. The Morgan fingerprint density at radius 1 is 1.06 bits per heavy atom. The number of unbranched alkanes of at least 4 members (excludes halogenated alkanes) is 1. The first-order chi connectivity index (χ1) is 16.1. The third-order valence-electron chi connectivity index (χ3n) is 5.60. The van der Waals surface area contributed by atoms with Crippen molar-refractivity contribution in [2.24, 2.45) is 0 Å². The zero-order valence-corrected chi connectivity index (χ0v) is 22.3. The van der Waals surface area contributed by atoms with Gasteiger partial charge in [0, 0.05) is 13.1 Å². The first-order valence-electron chi connectivity index (χ1n) is 11.8. The van der Waals surface area contributed by atoms with E-state index < -0.39 is 6.04 Å². The van der Waals surface area contributed by atoms with E-state index in [0.29, 0.717) is 28.8 Å². The summed E-state index contributed by atoms with van der Waals surface area (Å²) >= 11 is 12.3. The van der Waals surface area contributed by atoms with Crippen LogP contribution in [0, 0.1) is 0 Å². The molecule has 0 radical (unpaired) electrons. The summed E-state index contributed by atoms with van der Waals surface area (Å²) in [6, 6.07) is 12.3. The predicted molar refractivity (Wildman–Crippen MR) is 140 cm³/mol. The lowest BCUT2D eigenvalue weighted by molar-refractivity contribution is -0.143. The molecule has 0 aliphatic carbocycles. The minimum atomic E-state index is -0.625. The van der Waals surface area contributed by atoms with E-state index in [4.69, 9.17) is 27.9 Å². The smallest absolute Gasteiger partial charge is 0.261 e. The summed E-state index contributed by atoms with van der Waals surface area (Å²) in [6.45, 7) is 10.9. The van der Waals surface area contributed by atoms with Gasteiger partial charge in [0.2, 0.25) is 5.91 Å². The van der Waals surface area contributed by atoms with Gasteiger partial charge in [-0.15, -0.1) is 0 Å². The van der Waals surface area contributed by atoms with Gasteiger partial charge in [0.1, 0.15) is 11.8 Å². The highest BCUT2D eigenvalue weighted by Crippen LogP contribution is 2.31. The average molecular weight is 508 g/mol. The number of hydrogen-bond acceptors (Lipinski definition) is 3. The number of amides is 2. The molecule has 2 aromatic carbocycles. The minimum absolute atomic E-state index is 0.134. The normalized spacial score (nSPS) is 12.2. The molecule has 0 aliphatic heterocycles. The number of carbonyl (C=O) groups is 2. The van der Waals surface area contributed by atoms with Gasteiger partial charge in [-0.1, -0.05) is 88.5 Å². The van der Waals surface area contributed by atoms with E-state index in [1.165, 1.54) is 0 Å². The lowest BCUT2D eigenvalue weighted by Gasteiger charge is -2.31. The van der Waals surface area contributed by atoms with E-state index in [-0.39, 0.29) is 30.4 Å². The number of halogens is 2. The molecule has 1 N–H and O–H groups in total. The van der Waals surface area contributed by atoms with Crippen molar-refractivity contribution in [2.75, 3.05) is 13.2 Å². The zero-order chi connectivity index (χ0) is 25.3. The summed E-state index contributed by atoms with van der Waals surface area (Å²) in [7, 11) is 0. The van der Waals surface area contributed by atoms with Gasteiger partial charge in [0.05, 0.1) is 10.0 Å². The Bertz CT molecular complexity index is 973. The minimum Gasteiger partial charge on any atom is -0.483 e. The second-order valence-corrected chi connectivity index (χ2v) is 10.2. The Balaban J connectivity index is 2.27. The number of rotatable bonds is 11. The molecule has 0 aliphatic rings. The topological polar surface area (TPSA) is 58.6 Å². The van der Waals surface area contributed by atoms with Crippen molar-refractivity contribution >= 4 is 35.0 Å². The Kier molecular flexibility index (Phi) is 10.7. The second-order valence-electron chi connectivity index (χ2n) is 9.37. The Morgan fingerprint density at radius 2 is 1.76 bits per heavy atom. The molecule has 0 heterocycles. The molecular formula is C27H36Cl2N2O3. The second kappa shape index (κ2) is 13.0. The maximum Gasteiger partial charge on any atom is 0.261 e. The third-order valence-corrected chi connectivity index (χ3v) is 6.34. The first-order valence-corrected chi connectivity index (χ1v) is 12.6. The lowest BCUT2D eigenvalue weighted by atomic mass is 9.86. The standard InChI is InChI=1S/C27H36Cl2N2O3/c1-6-8-15-30-26(33)23(7-2)31(17-19-13-14-21(28)22(29)16-19)25(32)18-34-24-12-10-9-11-20(24)27(3,4)5/h9-14,16,23H,6-8,15,17-18H2,1-5H3,(H,30,33)/t23-/m0/s1. The third kappa shape index (κ3) is 7.92. The number of benzene rings is 2. The molecule has 34 heavy (non-hydrogen) atoms. The van der Waals surface area contributed by atoms with Crippen molar-refractivity contribution in [1.29, 1.82) is 0 Å². The Hall–Kier alpha value is -2.24. The van der Waals surface area contributed by atoms with Crippen LogP contribution in [0.4, 0.5) is 0 Å². The fraction of sp³-hybridized carbons (Fsp3) is 0.481. The van der Waals surface area contributed by atoms with Crippen LogP contribution >= 0.6 is 23.2 Å². The lowest BCUT2D eigenvalue weighted by Crippen LogP contribution is -2.50. The molecule has 0 aromatic heterocycles. The van der Waals surface area contributed by atoms with Gasteiger partial charge in [-0.3, -0.25) is 9.59 Å². The van der Waals surface area contributed by atoms with E-state index in [2.05, 4.69) is 33.0 Å². The summed E-state index contributed by atoms with van der Waals surface area (Å²) < 4.78 is 5.99. The van der Waals surface area contributed by atoms with Crippen LogP contribution in [0.5, 0.6) is 5.75 Å². The van der Waals surface area contributed by atoms with Gasteiger partial charge >= 0.3 is 0 Å². The van der Waals surface area contributed by atoms with Crippen molar-refractivity contribution in [3.63, 3.8) is 0 Å². The summed E-state index contributed by atoms with van der Waals surface area (Å²) in [5.74, 6) is 0.227. The van der Waals surface area contributed by atoms with Crippen LogP contribution in [0.25, 0.3) is 0 Å². The van der Waals surface area contributed by atoms with Crippen molar-refractivity contribution < 1.29 is 14.3 Å². The van der Waals surface area contributed by atoms with E-state index in [9.17, 15) is 9.59 Å². The highest BCUT2D eigenvalue weighted by molar-refractivity contribution is 6.42. The molecule has 186 valence electrons. The van der Waals surface area contributed by atoms with E-state index in [1.54, 1.807) is 17.0 Å². The maximum absolute atomic E-state index is 13.4. The quantitative estimate of drug-likeness (QED) is 0.359. The molecule has 5 nitrogen and oxygen atoms in total. The predicted octanol–water partition coefficient (Wildman–Crippen LogP) is 6.39. The molecule has 0 spiro atoms. The van der Waals surface area contributed by atoms with Crippen LogP contribution in [-0.2, 0) is 21.5 Å². The fourth-order valence-corrected chi connectivity index (χ4v) is 4.02. The van der Waals surface area contributed by atoms with Crippen LogP contribution in [0.15, 0.2) is 42.5 Å². The molecule has 1 atom stereocenters. The molecule has 0 fully saturated rings. The average Bonchev–Trinajstić information content (AvgIpc) is 2.79. The van der Waals surface area contributed by atoms with Gasteiger partial charge in [-0.2, -0.15) is 0 Å². The van der Waals surface area contributed by atoms with Crippen molar-refractivity contribution in [1.82, 2.24) is 10.2 Å². The van der Waals surface area contributed by atoms with Crippen molar-refractivity contribution in [2.45, 2.75) is 71.9 Å². The number of para-hydroxylation sites is 1. The van der Waals surface area contributed by atoms with Crippen LogP contribution in [0.2, 0.25) is 10.0 Å². The molecule has 2 amide bonds. The van der Waals surface area contributed by atoms with E-state index >= 15 is 0 Å². The fourth-order valence-electron chi connectivity index (χ4n) is 3.69. The van der Waals surface area contributed by atoms with E-state index in [1.807, 2.05) is 37.3 Å². The highest BCUT2D eigenvalue weighted by atomic mass is 35.5. The summed E-state index contributed by atoms with van der Waals surface area (Å²) in [5.41, 5.74) is 1.67. The monoisotopic (exact) mass is 506 g/mol. The molecule has 0 bridgehead atoms. The number of ether oxygens (including phenoxy) is 1. The number of hydrogen-bond donors (Lipinski definition) is 1. The Morgan fingerprint density at radius 3 is 2.38 bits per heavy atom. The molecule has 7 heteroatoms. The van der Waals surface area contributed by atoms with Crippen LogP contribution < -0.4 is 10.1 Å². The highest BCUT2D eigenvalue weighted by Gasteiger charge is 2.29. The summed E-state index contributed by atoms with van der Waals surface area (Å²) in [5, 5.41) is 3.80. The molecular weight excluding hydrogens is 471 g/mol. The van der Waals surface area contributed by atoms with Gasteiger partial charge in [0.25, 0.3) is 5.91 Å². The van der Waals surface area contributed by atoms with Crippen LogP contribution in [0.1, 0.15) is 65.0 Å². The first kappa shape index (κ1) is 28.0. The van der Waals surface area contributed by atoms with Gasteiger partial charge in [0.15, 0.2) is 6.61 Å². The number of nitrogens with one attached hydrogen (secondary N) is 1. The van der Waals surface area contributed by atoms with Gasteiger partial charge in [-0.25, -0.2) is 0 Å². The number of nitrogens with zero attached hydrogens (tertiary/aromatic N) is 1. The SMILES string of the molecule is CCCCNC(=O)[C@H](CC)N(Cc1ccc(Cl)c(Cl)c1)C(=O)COc1ccccc1C(C)(C)C. The van der Waals surface area contributed by atoms with Crippen LogP contribution in [-0.4, -0.2) is 35.9 Å². The molecule has 2 rings (SSSR count).